The third-order valence-corrected chi connectivity index (χ3v) is 9.55. The fraction of sp³-hybridized carbons (Fsp3) is 0. The molecule has 0 unspecified atom stereocenters. The summed E-state index contributed by atoms with van der Waals surface area (Å²) >= 11 is 1.80. The average Bonchev–Trinajstić information content (AvgIpc) is 3.51. The monoisotopic (exact) mass is 514 g/mol. The van der Waals surface area contributed by atoms with Gasteiger partial charge in [0.15, 0.2) is 0 Å². The lowest BCUT2D eigenvalue weighted by atomic mass is 9.91. The van der Waals surface area contributed by atoms with E-state index in [1.807, 2.05) is 0 Å². The number of hydrogen-bond acceptors (Lipinski definition) is 3. The molecule has 3 heterocycles. The second kappa shape index (κ2) is 6.96. The van der Waals surface area contributed by atoms with Crippen LogP contribution < -0.4 is 0 Å². The molecule has 3 heteroatoms. The van der Waals surface area contributed by atoms with Crippen molar-refractivity contribution in [3.63, 3.8) is 0 Å². The van der Waals surface area contributed by atoms with Crippen LogP contribution in [0.25, 0.3) is 96.7 Å². The van der Waals surface area contributed by atoms with Crippen molar-refractivity contribution >= 4 is 96.9 Å². The second-order valence-electron chi connectivity index (χ2n) is 10.4. The Kier molecular flexibility index (Phi) is 3.59. The molecule has 0 aliphatic heterocycles. The lowest BCUT2D eigenvalue weighted by molar-refractivity contribution is 0.664. The fourth-order valence-electron chi connectivity index (χ4n) is 6.80. The summed E-state index contributed by atoms with van der Waals surface area (Å²) < 4.78 is 15.7. The van der Waals surface area contributed by atoms with Crippen molar-refractivity contribution < 1.29 is 8.83 Å². The average molecular weight is 515 g/mol. The Morgan fingerprint density at radius 2 is 1.00 bits per heavy atom. The summed E-state index contributed by atoms with van der Waals surface area (Å²) in [5, 5.41) is 12.3. The minimum Gasteiger partial charge on any atom is -0.456 e. The van der Waals surface area contributed by atoms with Gasteiger partial charge in [-0.05, 0) is 74.3 Å². The Hall–Kier alpha value is -4.86. The molecule has 3 aromatic heterocycles. The smallest absolute Gasteiger partial charge is 0.144 e. The van der Waals surface area contributed by atoms with Crippen LogP contribution in [0.3, 0.4) is 0 Å². The summed E-state index contributed by atoms with van der Waals surface area (Å²) in [7, 11) is 0. The van der Waals surface area contributed by atoms with E-state index < -0.39 is 0 Å². The molecule has 0 radical (unpaired) electrons. The Morgan fingerprint density at radius 3 is 1.69 bits per heavy atom. The van der Waals surface area contributed by atoms with Crippen LogP contribution in [0.15, 0.2) is 118 Å². The number of furan rings is 2. The highest BCUT2D eigenvalue weighted by Crippen LogP contribution is 2.49. The summed E-state index contributed by atoms with van der Waals surface area (Å²) in [6.07, 6.45) is 0. The number of rotatable bonds is 1. The van der Waals surface area contributed by atoms with Crippen molar-refractivity contribution in [2.45, 2.75) is 0 Å². The van der Waals surface area contributed by atoms with E-state index in [0.29, 0.717) is 0 Å². The Morgan fingerprint density at radius 1 is 0.410 bits per heavy atom. The maximum absolute atomic E-state index is 6.69. The summed E-state index contributed by atoms with van der Waals surface area (Å²) in [6.45, 7) is 0. The molecule has 0 fully saturated rings. The van der Waals surface area contributed by atoms with E-state index in [-0.39, 0.29) is 0 Å². The third-order valence-electron chi connectivity index (χ3n) is 8.43. The number of hydrogen-bond donors (Lipinski definition) is 0. The maximum atomic E-state index is 6.69. The van der Waals surface area contributed by atoms with Gasteiger partial charge in [-0.2, -0.15) is 0 Å². The van der Waals surface area contributed by atoms with E-state index in [1.165, 1.54) is 52.5 Å². The molecule has 0 atom stereocenters. The standard InChI is InChI=1S/C36H18O2S/c1-2-9-22-20(7-1)21-8-3-4-10-23(21)26-17-19(15-16-24(22)26)25-18-29-34-32-27(37-29)11-5-13-30(32)39-31-14-6-12-28-33(31)35(34)36(25)38-28/h1-18H. The molecular formula is C36H18O2S. The van der Waals surface area contributed by atoms with Crippen molar-refractivity contribution in [2.75, 3.05) is 0 Å². The molecule has 0 aliphatic carbocycles. The van der Waals surface area contributed by atoms with Crippen LogP contribution in [-0.2, 0) is 0 Å². The normalized spacial score (nSPS) is 12.6. The zero-order valence-corrected chi connectivity index (χ0v) is 21.4. The van der Waals surface area contributed by atoms with Gasteiger partial charge in [-0.15, -0.1) is 11.3 Å². The third kappa shape index (κ3) is 2.47. The minimum absolute atomic E-state index is 0.906. The van der Waals surface area contributed by atoms with E-state index >= 15 is 0 Å². The lowest BCUT2D eigenvalue weighted by Crippen LogP contribution is -1.85. The summed E-state index contributed by atoms with van der Waals surface area (Å²) in [4.78, 5) is 0. The van der Waals surface area contributed by atoms with Gasteiger partial charge in [-0.25, -0.2) is 0 Å². The highest BCUT2D eigenvalue weighted by atomic mass is 32.1. The molecule has 0 spiro atoms. The first-order chi connectivity index (χ1) is 19.3. The minimum atomic E-state index is 0.906. The SMILES string of the molecule is c1cc2oc3cc(-c4ccc5c6ccccc6c6ccccc6c5c4)c4oc5cccc6sc(c1)c2c3c4c56. The van der Waals surface area contributed by atoms with Crippen LogP contribution in [0.1, 0.15) is 0 Å². The largest absolute Gasteiger partial charge is 0.456 e. The van der Waals surface area contributed by atoms with Gasteiger partial charge in [-0.3, -0.25) is 0 Å². The highest BCUT2D eigenvalue weighted by Gasteiger charge is 2.24. The first kappa shape index (κ1) is 20.1. The molecule has 0 saturated carbocycles. The predicted octanol–water partition coefficient (Wildman–Crippen LogP) is 11.3. The second-order valence-corrected chi connectivity index (χ2v) is 11.5. The Balaban J connectivity index is 1.41. The maximum Gasteiger partial charge on any atom is 0.144 e. The van der Waals surface area contributed by atoms with Gasteiger partial charge >= 0.3 is 0 Å². The predicted molar refractivity (Wildman–Crippen MR) is 166 cm³/mol. The van der Waals surface area contributed by atoms with Crippen LogP contribution in [0.2, 0.25) is 0 Å². The molecule has 10 aromatic rings. The van der Waals surface area contributed by atoms with E-state index in [1.54, 1.807) is 11.3 Å². The zero-order chi connectivity index (χ0) is 25.2. The molecule has 10 rings (SSSR count). The van der Waals surface area contributed by atoms with Gasteiger partial charge in [-0.1, -0.05) is 72.8 Å². The van der Waals surface area contributed by atoms with E-state index in [4.69, 9.17) is 8.83 Å². The van der Waals surface area contributed by atoms with Crippen LogP contribution >= 0.6 is 11.3 Å². The first-order valence-corrected chi connectivity index (χ1v) is 14.0. The van der Waals surface area contributed by atoms with Gasteiger partial charge in [0.05, 0.1) is 0 Å². The van der Waals surface area contributed by atoms with Crippen LogP contribution in [0.4, 0.5) is 0 Å². The van der Waals surface area contributed by atoms with Gasteiger partial charge in [0.2, 0.25) is 0 Å². The summed E-state index contributed by atoms with van der Waals surface area (Å²) in [5.41, 5.74) is 5.86. The topological polar surface area (TPSA) is 26.3 Å². The highest BCUT2D eigenvalue weighted by molar-refractivity contribution is 7.24. The first-order valence-electron chi connectivity index (χ1n) is 13.2. The fourth-order valence-corrected chi connectivity index (χ4v) is 7.94. The van der Waals surface area contributed by atoms with Gasteiger partial charge in [0.25, 0.3) is 0 Å². The van der Waals surface area contributed by atoms with Gasteiger partial charge in [0.1, 0.15) is 22.3 Å². The van der Waals surface area contributed by atoms with Gasteiger partial charge in [0, 0.05) is 36.5 Å². The summed E-state index contributed by atoms with van der Waals surface area (Å²) in [5.74, 6) is 0. The quantitative estimate of drug-likeness (QED) is 0.204. The zero-order valence-electron chi connectivity index (χ0n) is 20.6. The Bertz CT molecular complexity index is 2570. The summed E-state index contributed by atoms with van der Waals surface area (Å²) in [6, 6.07) is 39.2. The molecule has 0 saturated heterocycles. The Labute approximate surface area is 225 Å². The van der Waals surface area contributed by atoms with E-state index in [9.17, 15) is 0 Å². The van der Waals surface area contributed by atoms with Crippen molar-refractivity contribution in [3.05, 3.63) is 109 Å². The molecule has 180 valence electrons. The van der Waals surface area contributed by atoms with E-state index in [2.05, 4.69) is 109 Å². The number of benzene rings is 7. The lowest BCUT2D eigenvalue weighted by Gasteiger charge is -2.12. The van der Waals surface area contributed by atoms with Crippen molar-refractivity contribution in [1.82, 2.24) is 0 Å². The van der Waals surface area contributed by atoms with E-state index in [0.717, 1.165) is 44.2 Å². The molecule has 0 N–H and O–H groups in total. The number of fused-ring (bicyclic) bond motifs is 6. The van der Waals surface area contributed by atoms with Crippen molar-refractivity contribution in [1.29, 1.82) is 0 Å². The molecule has 0 bridgehead atoms. The van der Waals surface area contributed by atoms with Crippen LogP contribution in [0.5, 0.6) is 0 Å². The molecule has 2 nitrogen and oxygen atoms in total. The van der Waals surface area contributed by atoms with Crippen molar-refractivity contribution in [2.24, 2.45) is 0 Å². The van der Waals surface area contributed by atoms with Gasteiger partial charge < -0.3 is 8.83 Å². The molecule has 7 aromatic carbocycles. The van der Waals surface area contributed by atoms with Crippen molar-refractivity contribution in [3.8, 4) is 11.1 Å². The molecule has 0 amide bonds. The van der Waals surface area contributed by atoms with Crippen LogP contribution in [0, 0.1) is 0 Å². The molecule has 0 aliphatic rings. The molecule has 39 heavy (non-hydrogen) atoms. The molecular weight excluding hydrogens is 496 g/mol. The van der Waals surface area contributed by atoms with Crippen LogP contribution in [-0.4, -0.2) is 0 Å².